The molecule has 5 heteroatoms. The van der Waals surface area contributed by atoms with Gasteiger partial charge < -0.3 is 15.3 Å². The zero-order valence-corrected chi connectivity index (χ0v) is 14.2. The predicted molar refractivity (Wildman–Crippen MR) is 91.2 cm³/mol. The van der Waals surface area contributed by atoms with Crippen molar-refractivity contribution in [2.45, 2.75) is 37.6 Å². The Balaban J connectivity index is 1.85. The molecule has 1 aliphatic rings. The minimum atomic E-state index is -0.00380. The molecule has 0 radical (unpaired) electrons. The van der Waals surface area contributed by atoms with E-state index in [4.69, 9.17) is 5.11 Å². The fraction of sp³-hybridized carbons (Fsp3) is 0.588. The van der Waals surface area contributed by atoms with E-state index in [2.05, 4.69) is 36.5 Å². The van der Waals surface area contributed by atoms with Gasteiger partial charge in [-0.3, -0.25) is 0 Å². The molecule has 1 aliphatic heterocycles. The van der Waals surface area contributed by atoms with Crippen molar-refractivity contribution in [3.05, 3.63) is 29.8 Å². The van der Waals surface area contributed by atoms with Gasteiger partial charge in [0.15, 0.2) is 0 Å². The molecular formula is C17H26N2O2S. The van der Waals surface area contributed by atoms with Crippen LogP contribution in [0.1, 0.15) is 38.3 Å². The quantitative estimate of drug-likeness (QED) is 0.818. The second-order valence-electron chi connectivity index (χ2n) is 5.79. The number of hydrogen-bond donors (Lipinski definition) is 2. The summed E-state index contributed by atoms with van der Waals surface area (Å²) < 4.78 is 0. The van der Waals surface area contributed by atoms with Crippen molar-refractivity contribution in [2.24, 2.45) is 5.92 Å². The molecule has 1 atom stereocenters. The van der Waals surface area contributed by atoms with Crippen molar-refractivity contribution < 1.29 is 9.90 Å². The van der Waals surface area contributed by atoms with Crippen LogP contribution in [0.15, 0.2) is 29.2 Å². The van der Waals surface area contributed by atoms with Crippen LogP contribution in [-0.4, -0.2) is 41.5 Å². The molecule has 1 unspecified atom stereocenters. The summed E-state index contributed by atoms with van der Waals surface area (Å²) in [6.45, 7) is 5.85. The Bertz CT molecular complexity index is 470. The number of aliphatic hydroxyl groups excluding tert-OH is 1. The number of carbonyl (C=O) groups is 1. The number of piperidine rings is 1. The van der Waals surface area contributed by atoms with Crippen molar-refractivity contribution in [3.63, 3.8) is 0 Å². The highest BCUT2D eigenvalue weighted by atomic mass is 32.2. The van der Waals surface area contributed by atoms with E-state index in [0.717, 1.165) is 37.2 Å². The Kier molecular flexibility index (Phi) is 6.58. The summed E-state index contributed by atoms with van der Waals surface area (Å²) in [6.07, 6.45) is 1.78. The minimum Gasteiger partial charge on any atom is -0.396 e. The van der Waals surface area contributed by atoms with E-state index >= 15 is 0 Å². The van der Waals surface area contributed by atoms with E-state index in [9.17, 15) is 4.79 Å². The number of rotatable bonds is 5. The van der Waals surface area contributed by atoms with Crippen molar-refractivity contribution in [2.75, 3.05) is 25.4 Å². The number of amides is 2. The van der Waals surface area contributed by atoms with E-state index in [1.807, 2.05) is 23.6 Å². The fourth-order valence-electron chi connectivity index (χ4n) is 2.70. The SMILES string of the molecule is CCSc1ccc(C(C)NC(=O)N2CCC(CO)CC2)cc1. The topological polar surface area (TPSA) is 52.6 Å². The number of nitrogens with one attached hydrogen (secondary N) is 1. The lowest BCUT2D eigenvalue weighted by Gasteiger charge is -2.32. The van der Waals surface area contributed by atoms with E-state index in [0.29, 0.717) is 5.92 Å². The number of benzene rings is 1. The van der Waals surface area contributed by atoms with Crippen LogP contribution in [0, 0.1) is 5.92 Å². The molecule has 2 N–H and O–H groups in total. The zero-order chi connectivity index (χ0) is 15.9. The summed E-state index contributed by atoms with van der Waals surface area (Å²) in [4.78, 5) is 15.4. The Morgan fingerprint density at radius 2 is 2.00 bits per heavy atom. The predicted octanol–water partition coefficient (Wildman–Crippen LogP) is 3.27. The number of carbonyl (C=O) groups excluding carboxylic acids is 1. The molecular weight excluding hydrogens is 296 g/mol. The number of likely N-dealkylation sites (tertiary alicyclic amines) is 1. The lowest BCUT2D eigenvalue weighted by Crippen LogP contribution is -2.45. The molecule has 22 heavy (non-hydrogen) atoms. The first-order valence-corrected chi connectivity index (χ1v) is 9.01. The lowest BCUT2D eigenvalue weighted by molar-refractivity contribution is 0.136. The number of aliphatic hydroxyl groups is 1. The monoisotopic (exact) mass is 322 g/mol. The molecule has 2 rings (SSSR count). The molecule has 122 valence electrons. The van der Waals surface area contributed by atoms with Crippen molar-refractivity contribution >= 4 is 17.8 Å². The van der Waals surface area contributed by atoms with Crippen LogP contribution < -0.4 is 5.32 Å². The van der Waals surface area contributed by atoms with Gasteiger partial charge in [0, 0.05) is 24.6 Å². The minimum absolute atomic E-state index is 0.00346. The first kappa shape index (κ1) is 17.2. The summed E-state index contributed by atoms with van der Waals surface area (Å²) in [5.41, 5.74) is 1.12. The summed E-state index contributed by atoms with van der Waals surface area (Å²) in [5.74, 6) is 1.42. The van der Waals surface area contributed by atoms with Crippen molar-refractivity contribution in [1.29, 1.82) is 0 Å². The molecule has 0 aliphatic carbocycles. The van der Waals surface area contributed by atoms with Gasteiger partial charge in [0.05, 0.1) is 6.04 Å². The molecule has 1 fully saturated rings. The number of nitrogens with zero attached hydrogens (tertiary/aromatic N) is 1. The Labute approximate surface area is 137 Å². The van der Waals surface area contributed by atoms with Gasteiger partial charge in [-0.15, -0.1) is 11.8 Å². The zero-order valence-electron chi connectivity index (χ0n) is 13.4. The molecule has 4 nitrogen and oxygen atoms in total. The number of hydrogen-bond acceptors (Lipinski definition) is 3. The van der Waals surface area contributed by atoms with Crippen molar-refractivity contribution in [1.82, 2.24) is 10.2 Å². The van der Waals surface area contributed by atoms with Crippen LogP contribution in [0.5, 0.6) is 0 Å². The summed E-state index contributed by atoms with van der Waals surface area (Å²) >= 11 is 1.82. The molecule has 0 aromatic heterocycles. The lowest BCUT2D eigenvalue weighted by atomic mass is 9.98. The summed E-state index contributed by atoms with van der Waals surface area (Å²) in [6, 6.07) is 8.39. The van der Waals surface area contributed by atoms with Gasteiger partial charge in [-0.2, -0.15) is 0 Å². The Morgan fingerprint density at radius 3 is 2.55 bits per heavy atom. The fourth-order valence-corrected chi connectivity index (χ4v) is 3.36. The molecule has 1 aromatic carbocycles. The smallest absolute Gasteiger partial charge is 0.317 e. The van der Waals surface area contributed by atoms with Crippen LogP contribution in [0.3, 0.4) is 0 Å². The highest BCUT2D eigenvalue weighted by Crippen LogP contribution is 2.21. The number of thioether (sulfide) groups is 1. The third kappa shape index (κ3) is 4.65. The van der Waals surface area contributed by atoms with Crippen molar-refractivity contribution in [3.8, 4) is 0 Å². The van der Waals surface area contributed by atoms with E-state index < -0.39 is 0 Å². The first-order chi connectivity index (χ1) is 10.6. The van der Waals surface area contributed by atoms with Gasteiger partial charge in [-0.25, -0.2) is 4.79 Å². The van der Waals surface area contributed by atoms with Gasteiger partial charge in [-0.05, 0) is 49.1 Å². The third-order valence-electron chi connectivity index (χ3n) is 4.19. The first-order valence-electron chi connectivity index (χ1n) is 8.03. The van der Waals surface area contributed by atoms with E-state index in [-0.39, 0.29) is 18.7 Å². The van der Waals surface area contributed by atoms with Gasteiger partial charge in [0.2, 0.25) is 0 Å². The molecule has 2 amide bonds. The molecule has 1 aromatic rings. The average Bonchev–Trinajstić information content (AvgIpc) is 2.55. The Hall–Kier alpha value is -1.20. The maximum atomic E-state index is 12.3. The number of urea groups is 1. The summed E-state index contributed by atoms with van der Waals surface area (Å²) in [5, 5.41) is 12.2. The molecule has 0 bridgehead atoms. The highest BCUT2D eigenvalue weighted by Gasteiger charge is 2.23. The second-order valence-corrected chi connectivity index (χ2v) is 7.12. The van der Waals surface area contributed by atoms with Gasteiger partial charge in [0.1, 0.15) is 0 Å². The average molecular weight is 322 g/mol. The molecule has 0 saturated carbocycles. The van der Waals surface area contributed by atoms with E-state index in [1.165, 1.54) is 4.90 Å². The van der Waals surface area contributed by atoms with Crippen LogP contribution in [-0.2, 0) is 0 Å². The highest BCUT2D eigenvalue weighted by molar-refractivity contribution is 7.99. The van der Waals surface area contributed by atoms with Crippen LogP contribution in [0.4, 0.5) is 4.79 Å². The van der Waals surface area contributed by atoms with E-state index in [1.54, 1.807) is 0 Å². The van der Waals surface area contributed by atoms with Crippen LogP contribution in [0.2, 0.25) is 0 Å². The maximum absolute atomic E-state index is 12.3. The molecule has 1 saturated heterocycles. The largest absolute Gasteiger partial charge is 0.396 e. The molecule has 1 heterocycles. The normalized spacial score (nSPS) is 17.3. The van der Waals surface area contributed by atoms with Gasteiger partial charge in [0.25, 0.3) is 0 Å². The van der Waals surface area contributed by atoms with Crippen LogP contribution >= 0.6 is 11.8 Å². The third-order valence-corrected chi connectivity index (χ3v) is 5.09. The maximum Gasteiger partial charge on any atom is 0.317 e. The van der Waals surface area contributed by atoms with Gasteiger partial charge in [-0.1, -0.05) is 19.1 Å². The second kappa shape index (κ2) is 8.44. The molecule has 0 spiro atoms. The Morgan fingerprint density at radius 1 is 1.36 bits per heavy atom. The van der Waals surface area contributed by atoms with Crippen LogP contribution in [0.25, 0.3) is 0 Å². The summed E-state index contributed by atoms with van der Waals surface area (Å²) in [7, 11) is 0. The standard InChI is InChI=1S/C17H26N2O2S/c1-3-22-16-6-4-15(5-7-16)13(2)18-17(21)19-10-8-14(12-20)9-11-19/h4-7,13-14,20H,3,8-12H2,1-2H3,(H,18,21). The van der Waals surface area contributed by atoms with Gasteiger partial charge >= 0.3 is 6.03 Å².